The van der Waals surface area contributed by atoms with Crippen LogP contribution in [0.3, 0.4) is 0 Å². The number of para-hydroxylation sites is 3. The molecular weight excluding hydrogens is 611 g/mol. The molecule has 0 N–H and O–H groups in total. The Morgan fingerprint density at radius 2 is 0.900 bits per heavy atom. The van der Waals surface area contributed by atoms with E-state index in [1.807, 2.05) is 84.9 Å². The van der Waals surface area contributed by atoms with Crippen molar-refractivity contribution in [1.29, 1.82) is 15.8 Å². The predicted molar refractivity (Wildman–Crippen MR) is 200 cm³/mol. The Labute approximate surface area is 287 Å². The molecule has 0 fully saturated rings. The molecule has 5 heteroatoms. The Balaban J connectivity index is 1.16. The summed E-state index contributed by atoms with van der Waals surface area (Å²) >= 11 is 0. The van der Waals surface area contributed by atoms with Crippen molar-refractivity contribution in [1.82, 2.24) is 9.13 Å². The maximum absolute atomic E-state index is 10.4. The van der Waals surface area contributed by atoms with Gasteiger partial charge >= 0.3 is 0 Å². The Kier molecular flexibility index (Phi) is 6.56. The molecule has 9 aromatic rings. The molecule has 9 rings (SSSR count). The van der Waals surface area contributed by atoms with Gasteiger partial charge in [0, 0.05) is 32.8 Å². The first-order valence-corrected chi connectivity index (χ1v) is 16.3. The van der Waals surface area contributed by atoms with Crippen LogP contribution >= 0.6 is 0 Å². The lowest BCUT2D eigenvalue weighted by atomic mass is 9.95. The van der Waals surface area contributed by atoms with Crippen LogP contribution in [0.15, 0.2) is 152 Å². The summed E-state index contributed by atoms with van der Waals surface area (Å²) in [7, 11) is 0. The summed E-state index contributed by atoms with van der Waals surface area (Å²) in [4.78, 5) is 0. The average Bonchev–Trinajstić information content (AvgIpc) is 3.70. The monoisotopic (exact) mass is 635 g/mol. The van der Waals surface area contributed by atoms with Crippen LogP contribution in [-0.4, -0.2) is 9.13 Å². The second-order valence-corrected chi connectivity index (χ2v) is 12.3. The zero-order valence-electron chi connectivity index (χ0n) is 26.7. The van der Waals surface area contributed by atoms with E-state index in [1.54, 1.807) is 0 Å². The highest BCUT2D eigenvalue weighted by Crippen LogP contribution is 2.38. The third-order valence-electron chi connectivity index (χ3n) is 9.64. The van der Waals surface area contributed by atoms with Gasteiger partial charge in [0.2, 0.25) is 0 Å². The van der Waals surface area contributed by atoms with Crippen molar-refractivity contribution in [2.75, 3.05) is 0 Å². The molecule has 0 atom stereocenters. The van der Waals surface area contributed by atoms with Crippen LogP contribution in [0, 0.1) is 34.0 Å². The number of nitriles is 3. The maximum atomic E-state index is 10.4. The molecular formula is C45H25N5. The molecule has 0 aliphatic heterocycles. The van der Waals surface area contributed by atoms with Gasteiger partial charge in [0.05, 0.1) is 62.7 Å². The Hall–Kier alpha value is -7.39. The van der Waals surface area contributed by atoms with Gasteiger partial charge in [-0.05, 0) is 83.4 Å². The summed E-state index contributed by atoms with van der Waals surface area (Å²) in [6.07, 6.45) is 0. The van der Waals surface area contributed by atoms with Gasteiger partial charge < -0.3 is 9.13 Å². The SMILES string of the molecule is N#Cc1ccc(-n2c3ccccc3c3cc(C#N)ccc32)c(-c2ccc(-c3ccc(-n4c5ccccc5c5ccccc54)cc3C#N)cc2)c1. The highest BCUT2D eigenvalue weighted by atomic mass is 15.0. The predicted octanol–water partition coefficient (Wildman–Crippen LogP) is 10.8. The summed E-state index contributed by atoms with van der Waals surface area (Å²) in [5.74, 6) is 0. The molecule has 0 aliphatic carbocycles. The largest absolute Gasteiger partial charge is 0.309 e. The number of rotatable bonds is 4. The number of aromatic nitrogens is 2. The minimum absolute atomic E-state index is 0.563. The lowest BCUT2D eigenvalue weighted by molar-refractivity contribution is 1.18. The van der Waals surface area contributed by atoms with Crippen molar-refractivity contribution in [2.24, 2.45) is 0 Å². The standard InChI is InChI=1S/C45H25N5/c46-26-29-13-21-44(50-43-12-6-3-9-38(43)40-24-30(27-47)14-22-45(40)50)39(23-29)32-17-15-31(16-18-32)35-20-19-34(25-33(35)28-48)49-41-10-4-1-7-36(41)37-8-2-5-11-42(37)49/h1-25H. The van der Waals surface area contributed by atoms with Crippen molar-refractivity contribution in [3.8, 4) is 51.8 Å². The van der Waals surface area contributed by atoms with E-state index in [4.69, 9.17) is 0 Å². The first kappa shape index (κ1) is 28.8. The van der Waals surface area contributed by atoms with E-state index in [-0.39, 0.29) is 0 Å². The summed E-state index contributed by atoms with van der Waals surface area (Å²) in [6.45, 7) is 0. The number of hydrogen-bond acceptors (Lipinski definition) is 3. The molecule has 0 saturated heterocycles. The van der Waals surface area contributed by atoms with Gasteiger partial charge in [0.1, 0.15) is 0 Å². The van der Waals surface area contributed by atoms with E-state index >= 15 is 0 Å². The second kappa shape index (κ2) is 11.4. The average molecular weight is 636 g/mol. The van der Waals surface area contributed by atoms with Gasteiger partial charge in [-0.1, -0.05) is 84.9 Å². The summed E-state index contributed by atoms with van der Waals surface area (Å²) in [5.41, 5.74) is 11.4. The van der Waals surface area contributed by atoms with Crippen molar-refractivity contribution in [3.05, 3.63) is 168 Å². The molecule has 0 bridgehead atoms. The first-order valence-electron chi connectivity index (χ1n) is 16.3. The topological polar surface area (TPSA) is 81.2 Å². The summed E-state index contributed by atoms with van der Waals surface area (Å²) in [5, 5.41) is 34.2. The smallest absolute Gasteiger partial charge is 0.0998 e. The zero-order valence-corrected chi connectivity index (χ0v) is 26.7. The zero-order chi connectivity index (χ0) is 33.8. The van der Waals surface area contributed by atoms with E-state index in [0.29, 0.717) is 16.7 Å². The molecule has 7 aromatic carbocycles. The molecule has 230 valence electrons. The fraction of sp³-hybridized carbons (Fsp3) is 0. The third kappa shape index (κ3) is 4.38. The minimum atomic E-state index is 0.563. The van der Waals surface area contributed by atoms with Gasteiger partial charge in [-0.25, -0.2) is 0 Å². The van der Waals surface area contributed by atoms with E-state index < -0.39 is 0 Å². The lowest BCUT2D eigenvalue weighted by Crippen LogP contribution is -1.98. The van der Waals surface area contributed by atoms with Gasteiger partial charge in [-0.15, -0.1) is 0 Å². The molecule has 0 saturated carbocycles. The lowest BCUT2D eigenvalue weighted by Gasteiger charge is -2.15. The molecule has 2 heterocycles. The number of benzene rings is 7. The van der Waals surface area contributed by atoms with Crippen molar-refractivity contribution in [3.63, 3.8) is 0 Å². The van der Waals surface area contributed by atoms with Crippen LogP contribution in [0.5, 0.6) is 0 Å². The van der Waals surface area contributed by atoms with Crippen LogP contribution in [0.2, 0.25) is 0 Å². The first-order chi connectivity index (χ1) is 24.7. The van der Waals surface area contributed by atoms with Crippen molar-refractivity contribution >= 4 is 43.6 Å². The van der Waals surface area contributed by atoms with Crippen LogP contribution < -0.4 is 0 Å². The maximum Gasteiger partial charge on any atom is 0.0998 e. The molecule has 0 amide bonds. The van der Waals surface area contributed by atoms with E-state index in [9.17, 15) is 15.8 Å². The van der Waals surface area contributed by atoms with Gasteiger partial charge in [-0.3, -0.25) is 0 Å². The molecule has 0 radical (unpaired) electrons. The Bertz CT molecular complexity index is 2900. The molecule has 50 heavy (non-hydrogen) atoms. The summed E-state index contributed by atoms with van der Waals surface area (Å²) < 4.78 is 4.43. The Morgan fingerprint density at radius 1 is 0.380 bits per heavy atom. The molecule has 0 spiro atoms. The molecule has 0 aliphatic rings. The van der Waals surface area contributed by atoms with Crippen LogP contribution in [-0.2, 0) is 0 Å². The number of nitrogens with zero attached hydrogens (tertiary/aromatic N) is 5. The fourth-order valence-electron chi connectivity index (χ4n) is 7.38. The molecule has 0 unspecified atom stereocenters. The minimum Gasteiger partial charge on any atom is -0.309 e. The van der Waals surface area contributed by atoms with E-state index in [2.05, 4.69) is 94.1 Å². The van der Waals surface area contributed by atoms with Crippen LogP contribution in [0.25, 0.3) is 77.2 Å². The fourth-order valence-corrected chi connectivity index (χ4v) is 7.38. The number of hydrogen-bond donors (Lipinski definition) is 0. The van der Waals surface area contributed by atoms with E-state index in [1.165, 1.54) is 10.8 Å². The second-order valence-electron chi connectivity index (χ2n) is 12.3. The summed E-state index contributed by atoms with van der Waals surface area (Å²) in [6, 6.07) is 57.7. The number of fused-ring (bicyclic) bond motifs is 6. The van der Waals surface area contributed by atoms with Crippen molar-refractivity contribution < 1.29 is 0 Å². The van der Waals surface area contributed by atoms with Crippen LogP contribution in [0.1, 0.15) is 16.7 Å². The van der Waals surface area contributed by atoms with Gasteiger partial charge in [0.15, 0.2) is 0 Å². The highest BCUT2D eigenvalue weighted by molar-refractivity contribution is 6.11. The van der Waals surface area contributed by atoms with E-state index in [0.717, 1.165) is 66.5 Å². The quantitative estimate of drug-likeness (QED) is 0.193. The van der Waals surface area contributed by atoms with Gasteiger partial charge in [0.25, 0.3) is 0 Å². The van der Waals surface area contributed by atoms with Crippen molar-refractivity contribution in [2.45, 2.75) is 0 Å². The van der Waals surface area contributed by atoms with Gasteiger partial charge in [-0.2, -0.15) is 15.8 Å². The Morgan fingerprint density at radius 3 is 1.52 bits per heavy atom. The molecule has 2 aromatic heterocycles. The van der Waals surface area contributed by atoms with Crippen LogP contribution in [0.4, 0.5) is 0 Å². The highest BCUT2D eigenvalue weighted by Gasteiger charge is 2.18. The third-order valence-corrected chi connectivity index (χ3v) is 9.64. The molecule has 5 nitrogen and oxygen atoms in total. The normalized spacial score (nSPS) is 11.1.